The van der Waals surface area contributed by atoms with Crippen molar-refractivity contribution in [2.45, 2.75) is 45.2 Å². The number of aryl methyl sites for hydroxylation is 2. The monoisotopic (exact) mass is 444 g/mol. The van der Waals surface area contributed by atoms with E-state index in [2.05, 4.69) is 15.6 Å². The van der Waals surface area contributed by atoms with E-state index in [-0.39, 0.29) is 24.1 Å². The Kier molecular flexibility index (Phi) is 5.20. The largest absolute Gasteiger partial charge is 0.361 e. The van der Waals surface area contributed by atoms with Crippen LogP contribution < -0.4 is 10.6 Å². The minimum atomic E-state index is -0.652. The highest BCUT2D eigenvalue weighted by molar-refractivity contribution is 6.06. The first kappa shape index (κ1) is 20.9. The van der Waals surface area contributed by atoms with E-state index in [4.69, 9.17) is 0 Å². The number of hydrogen-bond donors (Lipinski definition) is 3. The molecule has 8 nitrogen and oxygen atoms in total. The molecule has 3 aromatic rings. The van der Waals surface area contributed by atoms with Gasteiger partial charge >= 0.3 is 0 Å². The number of rotatable bonds is 5. The average Bonchev–Trinajstić information content (AvgIpc) is 3.35. The van der Waals surface area contributed by atoms with Crippen molar-refractivity contribution in [2.24, 2.45) is 0 Å². The lowest BCUT2D eigenvalue weighted by Crippen LogP contribution is -2.52. The maximum atomic E-state index is 12.9. The van der Waals surface area contributed by atoms with Gasteiger partial charge in [0.15, 0.2) is 0 Å². The smallest absolute Gasteiger partial charge is 0.255 e. The molecule has 0 spiro atoms. The first-order valence-corrected chi connectivity index (χ1v) is 11.0. The number of amides is 4. The molecule has 0 aliphatic carbocycles. The Hall–Kier alpha value is -3.94. The zero-order valence-corrected chi connectivity index (χ0v) is 18.2. The van der Waals surface area contributed by atoms with Crippen molar-refractivity contribution in [3.8, 4) is 0 Å². The van der Waals surface area contributed by atoms with Crippen molar-refractivity contribution >= 4 is 40.2 Å². The zero-order valence-electron chi connectivity index (χ0n) is 18.2. The normalized spacial score (nSPS) is 17.9. The average molecular weight is 444 g/mol. The fourth-order valence-corrected chi connectivity index (χ4v) is 4.67. The molecule has 2 aliphatic rings. The van der Waals surface area contributed by atoms with Crippen molar-refractivity contribution < 1.29 is 19.2 Å². The van der Waals surface area contributed by atoms with Crippen LogP contribution in [-0.4, -0.2) is 39.6 Å². The SMILES string of the molecule is Cc1cccc2c(CCC(=O)Nc3ccc4c(c3)C(=O)N(C3CCC(=O)NC3=O)C4)c[nH]c12. The number of imide groups is 1. The Balaban J connectivity index is 1.24. The summed E-state index contributed by atoms with van der Waals surface area (Å²) >= 11 is 0. The van der Waals surface area contributed by atoms with Crippen LogP contribution in [0.3, 0.4) is 0 Å². The summed E-state index contributed by atoms with van der Waals surface area (Å²) in [6.07, 6.45) is 3.40. The van der Waals surface area contributed by atoms with E-state index in [0.29, 0.717) is 37.1 Å². The topological polar surface area (TPSA) is 111 Å². The molecule has 33 heavy (non-hydrogen) atoms. The molecule has 1 fully saturated rings. The molecule has 0 bridgehead atoms. The highest BCUT2D eigenvalue weighted by Gasteiger charge is 2.39. The van der Waals surface area contributed by atoms with Gasteiger partial charge in [-0.25, -0.2) is 0 Å². The number of hydrogen-bond acceptors (Lipinski definition) is 4. The van der Waals surface area contributed by atoms with E-state index in [1.807, 2.05) is 31.3 Å². The van der Waals surface area contributed by atoms with Gasteiger partial charge in [-0.05, 0) is 48.6 Å². The summed E-state index contributed by atoms with van der Waals surface area (Å²) in [7, 11) is 0. The number of aromatic amines is 1. The first-order chi connectivity index (χ1) is 15.9. The quantitative estimate of drug-likeness (QED) is 0.526. The van der Waals surface area contributed by atoms with Crippen LogP contribution in [0.25, 0.3) is 10.9 Å². The molecule has 8 heteroatoms. The Morgan fingerprint density at radius 2 is 2.03 bits per heavy atom. The van der Waals surface area contributed by atoms with Gasteiger partial charge in [0.25, 0.3) is 5.91 Å². The molecule has 1 atom stereocenters. The Morgan fingerprint density at radius 3 is 2.85 bits per heavy atom. The second-order valence-electron chi connectivity index (χ2n) is 8.63. The molecule has 3 N–H and O–H groups in total. The molecule has 168 valence electrons. The number of benzene rings is 2. The summed E-state index contributed by atoms with van der Waals surface area (Å²) in [6.45, 7) is 2.36. The van der Waals surface area contributed by atoms with Crippen LogP contribution in [0, 0.1) is 6.92 Å². The number of nitrogens with zero attached hydrogens (tertiary/aromatic N) is 1. The number of anilines is 1. The minimum Gasteiger partial charge on any atom is -0.361 e. The van der Waals surface area contributed by atoms with Crippen molar-refractivity contribution in [3.63, 3.8) is 0 Å². The van der Waals surface area contributed by atoms with Crippen LogP contribution in [0.1, 0.15) is 46.3 Å². The number of carbonyl (C=O) groups is 4. The number of fused-ring (bicyclic) bond motifs is 2. The molecule has 2 aromatic carbocycles. The van der Waals surface area contributed by atoms with Gasteiger partial charge < -0.3 is 15.2 Å². The lowest BCUT2D eigenvalue weighted by Gasteiger charge is -2.29. The molecule has 4 amide bonds. The Morgan fingerprint density at radius 1 is 1.18 bits per heavy atom. The molecular weight excluding hydrogens is 420 g/mol. The summed E-state index contributed by atoms with van der Waals surface area (Å²) in [6, 6.07) is 10.7. The van der Waals surface area contributed by atoms with Crippen LogP contribution >= 0.6 is 0 Å². The summed E-state index contributed by atoms with van der Waals surface area (Å²) in [5.74, 6) is -1.14. The summed E-state index contributed by atoms with van der Waals surface area (Å²) in [4.78, 5) is 53.9. The molecule has 1 aromatic heterocycles. The van der Waals surface area contributed by atoms with E-state index in [1.165, 1.54) is 4.90 Å². The Bertz CT molecular complexity index is 1310. The number of carbonyl (C=O) groups excluding carboxylic acids is 4. The number of para-hydroxylation sites is 1. The number of nitrogens with one attached hydrogen (secondary N) is 3. The zero-order chi connectivity index (χ0) is 23.1. The molecule has 5 rings (SSSR count). The van der Waals surface area contributed by atoms with E-state index in [9.17, 15) is 19.2 Å². The number of H-pyrrole nitrogens is 1. The molecule has 2 aliphatic heterocycles. The fraction of sp³-hybridized carbons (Fsp3) is 0.280. The highest BCUT2D eigenvalue weighted by Crippen LogP contribution is 2.29. The molecule has 0 radical (unpaired) electrons. The first-order valence-electron chi connectivity index (χ1n) is 11.0. The molecular formula is C25H24N4O4. The third-order valence-electron chi connectivity index (χ3n) is 6.44. The van der Waals surface area contributed by atoms with Gasteiger partial charge in [0.2, 0.25) is 17.7 Å². The van der Waals surface area contributed by atoms with Gasteiger partial charge in [0, 0.05) is 47.7 Å². The van der Waals surface area contributed by atoms with Crippen LogP contribution in [0.2, 0.25) is 0 Å². The second kappa shape index (κ2) is 8.20. The maximum absolute atomic E-state index is 12.9. The third-order valence-corrected chi connectivity index (χ3v) is 6.44. The van der Waals surface area contributed by atoms with Crippen molar-refractivity contribution in [1.82, 2.24) is 15.2 Å². The van der Waals surface area contributed by atoms with Crippen LogP contribution in [0.5, 0.6) is 0 Å². The lowest BCUT2D eigenvalue weighted by atomic mass is 10.0. The molecule has 0 saturated carbocycles. The predicted octanol–water partition coefficient (Wildman–Crippen LogP) is 2.81. The Labute approximate surface area is 190 Å². The van der Waals surface area contributed by atoms with E-state index < -0.39 is 11.9 Å². The van der Waals surface area contributed by atoms with Crippen LogP contribution in [0.4, 0.5) is 5.69 Å². The number of aromatic nitrogens is 1. The summed E-state index contributed by atoms with van der Waals surface area (Å²) in [5.41, 5.74) is 5.17. The fourth-order valence-electron chi connectivity index (χ4n) is 4.67. The number of piperidine rings is 1. The van der Waals surface area contributed by atoms with Gasteiger partial charge in [-0.1, -0.05) is 24.3 Å². The standard InChI is InChI=1S/C25H24N4O4/c1-14-3-2-4-18-15(12-26-23(14)18)6-9-21(30)27-17-7-5-16-13-29(25(33)19(16)11-17)20-8-10-22(31)28-24(20)32/h2-5,7,11-12,20,26H,6,8-10,13H2,1H3,(H,27,30)(H,28,31,32). The van der Waals surface area contributed by atoms with Gasteiger partial charge in [-0.2, -0.15) is 0 Å². The predicted molar refractivity (Wildman–Crippen MR) is 122 cm³/mol. The van der Waals surface area contributed by atoms with Crippen LogP contribution in [-0.2, 0) is 27.3 Å². The highest BCUT2D eigenvalue weighted by atomic mass is 16.2. The van der Waals surface area contributed by atoms with Gasteiger partial charge in [-0.15, -0.1) is 0 Å². The van der Waals surface area contributed by atoms with Crippen molar-refractivity contribution in [3.05, 3.63) is 64.8 Å². The molecule has 1 unspecified atom stereocenters. The summed E-state index contributed by atoms with van der Waals surface area (Å²) in [5, 5.41) is 6.30. The lowest BCUT2D eigenvalue weighted by molar-refractivity contribution is -0.137. The summed E-state index contributed by atoms with van der Waals surface area (Å²) < 4.78 is 0. The van der Waals surface area contributed by atoms with Gasteiger partial charge in [0.05, 0.1) is 0 Å². The van der Waals surface area contributed by atoms with E-state index in [1.54, 1.807) is 18.2 Å². The van der Waals surface area contributed by atoms with E-state index >= 15 is 0 Å². The van der Waals surface area contributed by atoms with E-state index in [0.717, 1.165) is 27.6 Å². The maximum Gasteiger partial charge on any atom is 0.255 e. The van der Waals surface area contributed by atoms with Gasteiger partial charge in [-0.3, -0.25) is 24.5 Å². The third kappa shape index (κ3) is 3.88. The van der Waals surface area contributed by atoms with Gasteiger partial charge in [0.1, 0.15) is 6.04 Å². The van der Waals surface area contributed by atoms with Crippen molar-refractivity contribution in [2.75, 3.05) is 5.32 Å². The molecule has 1 saturated heterocycles. The van der Waals surface area contributed by atoms with Crippen LogP contribution in [0.15, 0.2) is 42.6 Å². The molecule has 3 heterocycles. The minimum absolute atomic E-state index is 0.135. The second-order valence-corrected chi connectivity index (χ2v) is 8.63. The van der Waals surface area contributed by atoms with Crippen molar-refractivity contribution in [1.29, 1.82) is 0 Å².